The van der Waals surface area contributed by atoms with E-state index in [1.807, 2.05) is 37.3 Å². The summed E-state index contributed by atoms with van der Waals surface area (Å²) < 4.78 is 0. The van der Waals surface area contributed by atoms with Gasteiger partial charge < -0.3 is 10.2 Å². The molecule has 0 saturated heterocycles. The number of nitrogens with zero attached hydrogens (tertiary/aromatic N) is 2. The average molecular weight is 195 g/mol. The minimum atomic E-state index is 0.740. The SMILES string of the molecule is CNC(=S)N(C)Cc1cccnc1. The Kier molecular flexibility index (Phi) is 3.64. The molecule has 13 heavy (non-hydrogen) atoms. The van der Waals surface area contributed by atoms with Crippen LogP contribution in [0.5, 0.6) is 0 Å². The number of rotatable bonds is 2. The summed E-state index contributed by atoms with van der Waals surface area (Å²) in [6.07, 6.45) is 3.61. The first kappa shape index (κ1) is 9.92. The summed E-state index contributed by atoms with van der Waals surface area (Å²) in [5, 5.41) is 3.66. The van der Waals surface area contributed by atoms with Crippen molar-refractivity contribution in [3.05, 3.63) is 30.1 Å². The highest BCUT2D eigenvalue weighted by molar-refractivity contribution is 7.80. The van der Waals surface area contributed by atoms with Crippen molar-refractivity contribution in [1.82, 2.24) is 15.2 Å². The number of aromatic nitrogens is 1. The topological polar surface area (TPSA) is 28.2 Å². The van der Waals surface area contributed by atoms with Gasteiger partial charge in [0.25, 0.3) is 0 Å². The molecule has 0 unspecified atom stereocenters. The molecule has 0 bridgehead atoms. The molecule has 0 aliphatic heterocycles. The van der Waals surface area contributed by atoms with Crippen molar-refractivity contribution < 1.29 is 0 Å². The van der Waals surface area contributed by atoms with Crippen LogP contribution in [0.2, 0.25) is 0 Å². The van der Waals surface area contributed by atoms with E-state index in [0.29, 0.717) is 0 Å². The molecule has 1 N–H and O–H groups in total. The van der Waals surface area contributed by atoms with Gasteiger partial charge in [-0.15, -0.1) is 0 Å². The Morgan fingerprint density at radius 2 is 2.46 bits per heavy atom. The molecule has 4 heteroatoms. The predicted octanol–water partition coefficient (Wildman–Crippen LogP) is 1.02. The van der Waals surface area contributed by atoms with Crippen LogP contribution >= 0.6 is 12.2 Å². The molecule has 1 rings (SSSR count). The molecule has 70 valence electrons. The maximum Gasteiger partial charge on any atom is 0.168 e. The second-order valence-electron chi connectivity index (χ2n) is 2.77. The van der Waals surface area contributed by atoms with Gasteiger partial charge in [0.15, 0.2) is 5.11 Å². The molecule has 0 atom stereocenters. The summed E-state index contributed by atoms with van der Waals surface area (Å²) in [6, 6.07) is 3.95. The van der Waals surface area contributed by atoms with Gasteiger partial charge in [-0.25, -0.2) is 0 Å². The molecule has 0 saturated carbocycles. The van der Waals surface area contributed by atoms with E-state index in [-0.39, 0.29) is 0 Å². The Morgan fingerprint density at radius 1 is 1.69 bits per heavy atom. The second-order valence-corrected chi connectivity index (χ2v) is 3.16. The Morgan fingerprint density at radius 3 is 3.00 bits per heavy atom. The zero-order valence-corrected chi connectivity index (χ0v) is 8.64. The van der Waals surface area contributed by atoms with Gasteiger partial charge in [0.05, 0.1) is 0 Å². The molecule has 0 spiro atoms. The smallest absolute Gasteiger partial charge is 0.168 e. The average Bonchev–Trinajstić information content (AvgIpc) is 2.18. The van der Waals surface area contributed by atoms with Crippen LogP contribution in [0.1, 0.15) is 5.56 Å². The molecule has 0 aliphatic rings. The Labute approximate surface area is 83.8 Å². The van der Waals surface area contributed by atoms with Gasteiger partial charge in [0.1, 0.15) is 0 Å². The fourth-order valence-electron chi connectivity index (χ4n) is 1.03. The number of hydrogen-bond acceptors (Lipinski definition) is 2. The zero-order valence-electron chi connectivity index (χ0n) is 7.82. The van der Waals surface area contributed by atoms with Gasteiger partial charge in [-0.3, -0.25) is 4.98 Å². The summed E-state index contributed by atoms with van der Waals surface area (Å²) in [6.45, 7) is 0.785. The number of pyridine rings is 1. The zero-order chi connectivity index (χ0) is 9.68. The van der Waals surface area contributed by atoms with E-state index < -0.39 is 0 Å². The molecular weight excluding hydrogens is 182 g/mol. The molecule has 3 nitrogen and oxygen atoms in total. The fourth-order valence-corrected chi connectivity index (χ4v) is 1.09. The quantitative estimate of drug-likeness (QED) is 0.713. The third-order valence-corrected chi connectivity index (χ3v) is 2.22. The molecule has 0 aliphatic carbocycles. The minimum absolute atomic E-state index is 0.740. The van der Waals surface area contributed by atoms with Crippen molar-refractivity contribution >= 4 is 17.3 Å². The normalized spacial score (nSPS) is 9.38. The van der Waals surface area contributed by atoms with E-state index in [2.05, 4.69) is 10.3 Å². The van der Waals surface area contributed by atoms with Crippen molar-refractivity contribution in [2.45, 2.75) is 6.54 Å². The van der Waals surface area contributed by atoms with Crippen LogP contribution in [0.3, 0.4) is 0 Å². The number of thiocarbonyl (C=S) groups is 1. The molecule has 1 aromatic rings. The van der Waals surface area contributed by atoms with E-state index in [1.165, 1.54) is 0 Å². The standard InChI is InChI=1S/C9H13N3S/c1-10-9(13)12(2)7-8-4-3-5-11-6-8/h3-6H,7H2,1-2H3,(H,10,13). The van der Waals surface area contributed by atoms with Crippen LogP contribution in [0.4, 0.5) is 0 Å². The van der Waals surface area contributed by atoms with Crippen LogP contribution in [0, 0.1) is 0 Å². The van der Waals surface area contributed by atoms with Gasteiger partial charge in [-0.1, -0.05) is 6.07 Å². The first-order valence-electron chi connectivity index (χ1n) is 4.06. The lowest BCUT2D eigenvalue weighted by atomic mass is 10.3. The van der Waals surface area contributed by atoms with Crippen molar-refractivity contribution in [1.29, 1.82) is 0 Å². The lowest BCUT2D eigenvalue weighted by molar-refractivity contribution is 0.494. The lowest BCUT2D eigenvalue weighted by Crippen LogP contribution is -2.34. The molecule has 1 heterocycles. The van der Waals surface area contributed by atoms with Crippen LogP contribution in [-0.4, -0.2) is 29.1 Å². The van der Waals surface area contributed by atoms with E-state index in [9.17, 15) is 0 Å². The summed E-state index contributed by atoms with van der Waals surface area (Å²) in [5.74, 6) is 0. The maximum absolute atomic E-state index is 5.07. The number of nitrogens with one attached hydrogen (secondary N) is 1. The highest BCUT2D eigenvalue weighted by Gasteiger charge is 2.01. The minimum Gasteiger partial charge on any atom is -0.366 e. The van der Waals surface area contributed by atoms with Crippen molar-refractivity contribution in [3.8, 4) is 0 Å². The third kappa shape index (κ3) is 2.99. The van der Waals surface area contributed by atoms with Gasteiger partial charge in [-0.05, 0) is 23.8 Å². The summed E-state index contributed by atoms with van der Waals surface area (Å²) in [5.41, 5.74) is 1.16. The molecule has 0 radical (unpaired) electrons. The Balaban J connectivity index is 2.55. The molecular formula is C9H13N3S. The molecule has 0 aromatic carbocycles. The van der Waals surface area contributed by atoms with Crippen LogP contribution < -0.4 is 5.32 Å². The van der Waals surface area contributed by atoms with E-state index >= 15 is 0 Å². The van der Waals surface area contributed by atoms with E-state index in [0.717, 1.165) is 17.2 Å². The third-order valence-electron chi connectivity index (χ3n) is 1.70. The molecule has 0 amide bonds. The van der Waals surface area contributed by atoms with Crippen LogP contribution in [-0.2, 0) is 6.54 Å². The monoisotopic (exact) mass is 195 g/mol. The number of hydrogen-bond donors (Lipinski definition) is 1. The molecule has 0 fully saturated rings. The highest BCUT2D eigenvalue weighted by atomic mass is 32.1. The van der Waals surface area contributed by atoms with Crippen molar-refractivity contribution in [3.63, 3.8) is 0 Å². The lowest BCUT2D eigenvalue weighted by Gasteiger charge is -2.18. The first-order valence-corrected chi connectivity index (χ1v) is 4.46. The van der Waals surface area contributed by atoms with Crippen LogP contribution in [0.25, 0.3) is 0 Å². The van der Waals surface area contributed by atoms with E-state index in [1.54, 1.807) is 6.20 Å². The first-order chi connectivity index (χ1) is 6.24. The highest BCUT2D eigenvalue weighted by Crippen LogP contribution is 2.00. The largest absolute Gasteiger partial charge is 0.366 e. The Hall–Kier alpha value is -1.16. The molecule has 1 aromatic heterocycles. The van der Waals surface area contributed by atoms with Gasteiger partial charge in [0.2, 0.25) is 0 Å². The van der Waals surface area contributed by atoms with Gasteiger partial charge >= 0.3 is 0 Å². The second kappa shape index (κ2) is 4.77. The Bertz CT molecular complexity index is 273. The van der Waals surface area contributed by atoms with Gasteiger partial charge in [-0.2, -0.15) is 0 Å². The summed E-state index contributed by atoms with van der Waals surface area (Å²) in [4.78, 5) is 6.00. The maximum atomic E-state index is 5.07. The fraction of sp³-hybridized carbons (Fsp3) is 0.333. The summed E-state index contributed by atoms with van der Waals surface area (Å²) in [7, 11) is 3.77. The van der Waals surface area contributed by atoms with Crippen molar-refractivity contribution in [2.75, 3.05) is 14.1 Å². The van der Waals surface area contributed by atoms with Gasteiger partial charge in [0, 0.05) is 33.0 Å². The van der Waals surface area contributed by atoms with E-state index in [4.69, 9.17) is 12.2 Å². The summed E-state index contributed by atoms with van der Waals surface area (Å²) >= 11 is 5.07. The predicted molar refractivity (Wildman–Crippen MR) is 57.4 cm³/mol. The van der Waals surface area contributed by atoms with Crippen LogP contribution in [0.15, 0.2) is 24.5 Å². The van der Waals surface area contributed by atoms with Crippen molar-refractivity contribution in [2.24, 2.45) is 0 Å².